The highest BCUT2D eigenvalue weighted by molar-refractivity contribution is 6.32. The smallest absolute Gasteiger partial charge is 0.193 e. The zero-order valence-electron chi connectivity index (χ0n) is 11.3. The molecular formula is C19H13ClO. The maximum Gasteiger partial charge on any atom is 0.193 e. The summed E-state index contributed by atoms with van der Waals surface area (Å²) in [5, 5.41) is 0.542. The SMILES string of the molecule is O=C(C1=C/c2ccccc2/C=C/C(Cl)=C\1)c1ccccc1. The number of rotatable bonds is 2. The Labute approximate surface area is 128 Å². The molecule has 0 aromatic heterocycles. The van der Waals surface area contributed by atoms with Crippen molar-refractivity contribution in [2.24, 2.45) is 0 Å². The van der Waals surface area contributed by atoms with Gasteiger partial charge in [-0.1, -0.05) is 72.3 Å². The van der Waals surface area contributed by atoms with E-state index in [2.05, 4.69) is 0 Å². The second-order valence-electron chi connectivity index (χ2n) is 4.79. The molecule has 2 aromatic carbocycles. The van der Waals surface area contributed by atoms with Gasteiger partial charge in [0.2, 0.25) is 0 Å². The molecule has 0 spiro atoms. The van der Waals surface area contributed by atoms with Crippen LogP contribution in [-0.4, -0.2) is 5.78 Å². The molecule has 0 bridgehead atoms. The summed E-state index contributed by atoms with van der Waals surface area (Å²) >= 11 is 6.17. The summed E-state index contributed by atoms with van der Waals surface area (Å²) in [6.45, 7) is 0. The van der Waals surface area contributed by atoms with Gasteiger partial charge in [0.25, 0.3) is 0 Å². The lowest BCUT2D eigenvalue weighted by molar-refractivity contribution is 0.103. The monoisotopic (exact) mass is 292 g/mol. The number of carbonyl (C=O) groups excluding carboxylic acids is 1. The second kappa shape index (κ2) is 5.94. The molecule has 0 amide bonds. The highest BCUT2D eigenvalue weighted by atomic mass is 35.5. The molecule has 1 aliphatic rings. The molecule has 0 heterocycles. The van der Waals surface area contributed by atoms with Gasteiger partial charge in [-0.05, 0) is 29.4 Å². The van der Waals surface area contributed by atoms with Crippen molar-refractivity contribution in [3.8, 4) is 0 Å². The lowest BCUT2D eigenvalue weighted by Gasteiger charge is -2.08. The number of fused-ring (bicyclic) bond motifs is 1. The molecule has 21 heavy (non-hydrogen) atoms. The molecule has 3 rings (SSSR count). The van der Waals surface area contributed by atoms with Gasteiger partial charge in [-0.15, -0.1) is 0 Å². The zero-order chi connectivity index (χ0) is 14.7. The number of hydrogen-bond donors (Lipinski definition) is 0. The van der Waals surface area contributed by atoms with E-state index in [0.717, 1.165) is 11.1 Å². The van der Waals surface area contributed by atoms with Gasteiger partial charge in [0.15, 0.2) is 5.78 Å². The van der Waals surface area contributed by atoms with Crippen molar-refractivity contribution in [2.45, 2.75) is 0 Å². The van der Waals surface area contributed by atoms with Crippen LogP contribution in [0.15, 0.2) is 77.4 Å². The van der Waals surface area contributed by atoms with Gasteiger partial charge >= 0.3 is 0 Å². The fourth-order valence-corrected chi connectivity index (χ4v) is 2.44. The van der Waals surface area contributed by atoms with Crippen LogP contribution >= 0.6 is 11.6 Å². The van der Waals surface area contributed by atoms with Crippen LogP contribution in [-0.2, 0) is 0 Å². The lowest BCUT2D eigenvalue weighted by atomic mass is 9.97. The lowest BCUT2D eigenvalue weighted by Crippen LogP contribution is -2.02. The Morgan fingerprint density at radius 2 is 1.43 bits per heavy atom. The van der Waals surface area contributed by atoms with Crippen LogP contribution in [0.2, 0.25) is 0 Å². The summed E-state index contributed by atoms with van der Waals surface area (Å²) in [6.07, 6.45) is 7.36. The fraction of sp³-hybridized carbons (Fsp3) is 0. The van der Waals surface area contributed by atoms with Gasteiger partial charge in [0.1, 0.15) is 0 Å². The van der Waals surface area contributed by atoms with Gasteiger partial charge in [0, 0.05) is 16.2 Å². The van der Waals surface area contributed by atoms with E-state index in [1.807, 2.05) is 72.8 Å². The Bertz CT molecular complexity index is 767. The number of allylic oxidation sites excluding steroid dienone is 4. The van der Waals surface area contributed by atoms with Crippen LogP contribution in [0.4, 0.5) is 0 Å². The zero-order valence-corrected chi connectivity index (χ0v) is 12.0. The maximum absolute atomic E-state index is 12.6. The van der Waals surface area contributed by atoms with Gasteiger partial charge in [-0.25, -0.2) is 0 Å². The summed E-state index contributed by atoms with van der Waals surface area (Å²) < 4.78 is 0. The predicted molar refractivity (Wildman–Crippen MR) is 88.2 cm³/mol. The summed E-state index contributed by atoms with van der Waals surface area (Å²) in [7, 11) is 0. The number of carbonyl (C=O) groups is 1. The summed E-state index contributed by atoms with van der Waals surface area (Å²) in [5.41, 5.74) is 3.30. The predicted octanol–water partition coefficient (Wildman–Crippen LogP) is 5.10. The first-order valence-corrected chi connectivity index (χ1v) is 7.07. The van der Waals surface area contributed by atoms with E-state index in [9.17, 15) is 4.79 Å². The number of Topliss-reactive ketones (excluding diaryl/α,β-unsaturated/α-hetero) is 1. The van der Waals surface area contributed by atoms with E-state index in [1.165, 1.54) is 0 Å². The topological polar surface area (TPSA) is 17.1 Å². The van der Waals surface area contributed by atoms with Gasteiger partial charge in [0.05, 0.1) is 0 Å². The van der Waals surface area contributed by atoms with Crippen molar-refractivity contribution in [3.05, 3.63) is 94.0 Å². The molecular weight excluding hydrogens is 280 g/mol. The van der Waals surface area contributed by atoms with Crippen molar-refractivity contribution in [1.29, 1.82) is 0 Å². The van der Waals surface area contributed by atoms with Gasteiger partial charge in [-0.3, -0.25) is 4.79 Å². The highest BCUT2D eigenvalue weighted by Crippen LogP contribution is 2.23. The summed E-state index contributed by atoms with van der Waals surface area (Å²) in [6, 6.07) is 17.1. The van der Waals surface area contributed by atoms with Crippen LogP contribution in [0.3, 0.4) is 0 Å². The Hall–Kier alpha value is -2.38. The Morgan fingerprint density at radius 1 is 0.762 bits per heavy atom. The normalized spacial score (nSPS) is 20.0. The van der Waals surface area contributed by atoms with Gasteiger partial charge in [-0.2, -0.15) is 0 Å². The van der Waals surface area contributed by atoms with Crippen molar-refractivity contribution in [3.63, 3.8) is 0 Å². The molecule has 2 aromatic rings. The van der Waals surface area contributed by atoms with E-state index < -0.39 is 0 Å². The number of benzene rings is 2. The number of halogens is 1. The van der Waals surface area contributed by atoms with Crippen LogP contribution in [0.1, 0.15) is 21.5 Å². The average molecular weight is 293 g/mol. The van der Waals surface area contributed by atoms with Crippen molar-refractivity contribution >= 4 is 29.5 Å². The van der Waals surface area contributed by atoms with Gasteiger partial charge < -0.3 is 0 Å². The molecule has 1 aliphatic carbocycles. The minimum absolute atomic E-state index is 0.0288. The molecule has 0 radical (unpaired) electrons. The maximum atomic E-state index is 12.6. The molecule has 0 N–H and O–H groups in total. The average Bonchev–Trinajstić information content (AvgIpc) is 2.51. The Balaban J connectivity index is 2.10. The molecule has 0 saturated carbocycles. The van der Waals surface area contributed by atoms with Crippen LogP contribution < -0.4 is 0 Å². The van der Waals surface area contributed by atoms with E-state index >= 15 is 0 Å². The van der Waals surface area contributed by atoms with E-state index in [4.69, 9.17) is 11.6 Å². The second-order valence-corrected chi connectivity index (χ2v) is 5.22. The molecule has 102 valence electrons. The quantitative estimate of drug-likeness (QED) is 0.704. The number of hydrogen-bond acceptors (Lipinski definition) is 1. The third kappa shape index (κ3) is 3.04. The minimum atomic E-state index is -0.0288. The minimum Gasteiger partial charge on any atom is -0.289 e. The van der Waals surface area contributed by atoms with E-state index in [0.29, 0.717) is 16.2 Å². The van der Waals surface area contributed by atoms with Crippen LogP contribution in [0.5, 0.6) is 0 Å². The van der Waals surface area contributed by atoms with E-state index in [1.54, 1.807) is 6.08 Å². The Morgan fingerprint density at radius 3 is 2.19 bits per heavy atom. The van der Waals surface area contributed by atoms with Crippen molar-refractivity contribution in [2.75, 3.05) is 0 Å². The first-order valence-electron chi connectivity index (χ1n) is 6.70. The first-order chi connectivity index (χ1) is 10.2. The van der Waals surface area contributed by atoms with Crippen molar-refractivity contribution < 1.29 is 4.79 Å². The molecule has 2 heteroatoms. The molecule has 0 unspecified atom stereocenters. The van der Waals surface area contributed by atoms with Crippen LogP contribution in [0.25, 0.3) is 12.2 Å². The van der Waals surface area contributed by atoms with E-state index in [-0.39, 0.29) is 5.78 Å². The summed E-state index contributed by atoms with van der Waals surface area (Å²) in [4.78, 5) is 12.6. The van der Waals surface area contributed by atoms with Crippen molar-refractivity contribution in [1.82, 2.24) is 0 Å². The largest absolute Gasteiger partial charge is 0.289 e. The molecule has 1 nitrogen and oxygen atoms in total. The Kier molecular flexibility index (Phi) is 3.85. The third-order valence-corrected chi connectivity index (χ3v) is 3.56. The first kappa shape index (κ1) is 13.6. The summed E-state index contributed by atoms with van der Waals surface area (Å²) in [5.74, 6) is -0.0288. The number of ketones is 1. The third-order valence-electron chi connectivity index (χ3n) is 3.32. The van der Waals surface area contributed by atoms with Crippen LogP contribution in [0, 0.1) is 0 Å². The standard InChI is InChI=1S/C19H13ClO/c20-18-11-10-14-6-4-5-9-16(14)12-17(13-18)19(21)15-7-2-1-3-8-15/h1-13H/b11-10+,14-10?,16-12?,17-12+,17-13?,18-11?,18-13+. The molecule has 0 aliphatic heterocycles. The molecule has 0 atom stereocenters. The molecule has 0 fully saturated rings. The fourth-order valence-electron chi connectivity index (χ4n) is 2.26. The highest BCUT2D eigenvalue weighted by Gasteiger charge is 2.12. The molecule has 0 saturated heterocycles.